The molecule has 2 heterocycles. The lowest BCUT2D eigenvalue weighted by Crippen LogP contribution is -2.10. The van der Waals surface area contributed by atoms with Gasteiger partial charge in [-0.05, 0) is 75.7 Å². The molecule has 1 aliphatic rings. The number of hydrogen-bond donors (Lipinski definition) is 0. The molecule has 0 atom stereocenters. The predicted molar refractivity (Wildman–Crippen MR) is 245 cm³/mol. The van der Waals surface area contributed by atoms with E-state index in [0.29, 0.717) is 17.5 Å². The van der Waals surface area contributed by atoms with Crippen LogP contribution in [0.3, 0.4) is 0 Å². The van der Waals surface area contributed by atoms with Crippen molar-refractivity contribution in [2.24, 2.45) is 0 Å². The quantitative estimate of drug-likeness (QED) is 0.154. The molecule has 5 heteroatoms. The third-order valence-corrected chi connectivity index (χ3v) is 11.1. The summed E-state index contributed by atoms with van der Waals surface area (Å²) in [5.41, 5.74) is 12.8. The molecule has 0 bridgehead atoms. The van der Waals surface area contributed by atoms with E-state index in [9.17, 15) is 0 Å². The van der Waals surface area contributed by atoms with Gasteiger partial charge in [0.15, 0.2) is 17.5 Å². The topological polar surface area (TPSA) is 51.1 Å². The second kappa shape index (κ2) is 15.0. The molecule has 60 heavy (non-hydrogen) atoms. The van der Waals surface area contributed by atoms with E-state index in [1.807, 2.05) is 66.7 Å². The average Bonchev–Trinajstić information content (AvgIpc) is 3.33. The predicted octanol–water partition coefficient (Wildman–Crippen LogP) is 14.6. The van der Waals surface area contributed by atoms with Gasteiger partial charge in [0.1, 0.15) is 11.5 Å². The first kappa shape index (κ1) is 35.0. The fraction of sp³-hybridized carbons (Fsp3) is 0. The fourth-order valence-corrected chi connectivity index (χ4v) is 8.21. The van der Waals surface area contributed by atoms with Crippen LogP contribution in [0, 0.1) is 0 Å². The molecule has 0 saturated carbocycles. The van der Waals surface area contributed by atoms with Gasteiger partial charge in [0.2, 0.25) is 0 Å². The largest absolute Gasteiger partial charge is 0.456 e. The maximum absolute atomic E-state index is 6.80. The number of rotatable bonds is 8. The van der Waals surface area contributed by atoms with E-state index < -0.39 is 0 Å². The Morgan fingerprint density at radius 2 is 0.767 bits per heavy atom. The molecular formula is C55H36N4O. The van der Waals surface area contributed by atoms with Gasteiger partial charge in [-0.25, -0.2) is 15.0 Å². The highest BCUT2D eigenvalue weighted by Gasteiger charge is 2.24. The maximum atomic E-state index is 6.80. The van der Waals surface area contributed by atoms with E-state index in [4.69, 9.17) is 19.7 Å². The number of aromatic nitrogens is 3. The molecule has 0 fully saturated rings. The number of anilines is 3. The van der Waals surface area contributed by atoms with Gasteiger partial charge in [-0.15, -0.1) is 0 Å². The van der Waals surface area contributed by atoms with E-state index in [2.05, 4.69) is 157 Å². The minimum atomic E-state index is 0.630. The Kier molecular flexibility index (Phi) is 8.75. The Hall–Kier alpha value is -8.15. The number of para-hydroxylation sites is 1. The van der Waals surface area contributed by atoms with Crippen LogP contribution in [-0.2, 0) is 0 Å². The molecule has 0 amide bonds. The van der Waals surface area contributed by atoms with Crippen LogP contribution in [0.4, 0.5) is 17.1 Å². The zero-order valence-electron chi connectivity index (χ0n) is 32.5. The number of ether oxygens (including phenoxy) is 1. The molecule has 282 valence electrons. The first-order valence-electron chi connectivity index (χ1n) is 20.1. The Morgan fingerprint density at radius 3 is 1.38 bits per heavy atom. The van der Waals surface area contributed by atoms with Gasteiger partial charge in [-0.3, -0.25) is 0 Å². The molecule has 0 unspecified atom stereocenters. The minimum Gasteiger partial charge on any atom is -0.456 e. The third-order valence-electron chi connectivity index (χ3n) is 11.1. The summed E-state index contributed by atoms with van der Waals surface area (Å²) in [5.74, 6) is 3.59. The van der Waals surface area contributed by atoms with Crippen LogP contribution in [-0.4, -0.2) is 15.0 Å². The van der Waals surface area contributed by atoms with Crippen molar-refractivity contribution >= 4 is 27.8 Å². The van der Waals surface area contributed by atoms with Gasteiger partial charge < -0.3 is 9.64 Å². The van der Waals surface area contributed by atoms with Crippen molar-refractivity contribution in [1.82, 2.24) is 15.0 Å². The highest BCUT2D eigenvalue weighted by Crippen LogP contribution is 2.50. The molecule has 0 aliphatic carbocycles. The Labute approximate surface area is 348 Å². The number of benzene rings is 9. The first-order chi connectivity index (χ1) is 29.7. The van der Waals surface area contributed by atoms with Gasteiger partial charge in [-0.1, -0.05) is 170 Å². The molecule has 10 aromatic rings. The summed E-state index contributed by atoms with van der Waals surface area (Å²) >= 11 is 0. The lowest BCUT2D eigenvalue weighted by molar-refractivity contribution is 0.487. The highest BCUT2D eigenvalue weighted by atomic mass is 16.5. The van der Waals surface area contributed by atoms with Crippen molar-refractivity contribution < 1.29 is 4.74 Å². The molecule has 0 saturated heterocycles. The average molecular weight is 769 g/mol. The maximum Gasteiger partial charge on any atom is 0.164 e. The van der Waals surface area contributed by atoms with Crippen molar-refractivity contribution in [3.8, 4) is 79.0 Å². The fourth-order valence-electron chi connectivity index (χ4n) is 8.21. The van der Waals surface area contributed by atoms with Crippen molar-refractivity contribution in [1.29, 1.82) is 0 Å². The van der Waals surface area contributed by atoms with Crippen molar-refractivity contribution in [3.63, 3.8) is 0 Å². The Morgan fingerprint density at radius 1 is 0.300 bits per heavy atom. The van der Waals surface area contributed by atoms with E-state index >= 15 is 0 Å². The van der Waals surface area contributed by atoms with Gasteiger partial charge in [0, 0.05) is 50.8 Å². The summed E-state index contributed by atoms with van der Waals surface area (Å²) in [4.78, 5) is 17.0. The van der Waals surface area contributed by atoms with E-state index in [1.54, 1.807) is 0 Å². The van der Waals surface area contributed by atoms with Crippen molar-refractivity contribution in [3.05, 3.63) is 218 Å². The van der Waals surface area contributed by atoms with Crippen LogP contribution in [0.1, 0.15) is 0 Å². The lowest BCUT2D eigenvalue weighted by Gasteiger charge is -2.28. The van der Waals surface area contributed by atoms with Crippen LogP contribution < -0.4 is 9.64 Å². The smallest absolute Gasteiger partial charge is 0.164 e. The third kappa shape index (κ3) is 6.45. The van der Waals surface area contributed by atoms with Crippen LogP contribution in [0.5, 0.6) is 11.5 Å². The Bertz CT molecular complexity index is 3080. The van der Waals surface area contributed by atoms with Crippen LogP contribution in [0.2, 0.25) is 0 Å². The van der Waals surface area contributed by atoms with Crippen LogP contribution >= 0.6 is 0 Å². The monoisotopic (exact) mass is 768 g/mol. The number of hydrogen-bond acceptors (Lipinski definition) is 5. The molecule has 1 aromatic heterocycles. The second-order valence-electron chi connectivity index (χ2n) is 14.8. The van der Waals surface area contributed by atoms with Gasteiger partial charge >= 0.3 is 0 Å². The molecule has 0 spiro atoms. The van der Waals surface area contributed by atoms with Gasteiger partial charge in [0.25, 0.3) is 0 Å². The first-order valence-corrected chi connectivity index (χ1v) is 20.1. The molecular weight excluding hydrogens is 733 g/mol. The normalized spacial score (nSPS) is 11.5. The lowest BCUT2D eigenvalue weighted by atomic mass is 9.90. The van der Waals surface area contributed by atoms with Crippen molar-refractivity contribution in [2.45, 2.75) is 0 Å². The molecule has 0 radical (unpaired) electrons. The second-order valence-corrected chi connectivity index (χ2v) is 14.8. The van der Waals surface area contributed by atoms with E-state index in [0.717, 1.165) is 78.3 Å². The summed E-state index contributed by atoms with van der Waals surface area (Å²) in [6, 6.07) is 75.7. The zero-order valence-corrected chi connectivity index (χ0v) is 32.5. The SMILES string of the molecule is c1ccc(-c2ccc(N(c3ccccc3)c3ccc4c(c3)Oc3ccc(-c5ccc(-c6nc(-c7ccccc7)nc(-c7ccccc7)n6)cc5)c5cccc-4c35)cc2)cc1. The molecule has 5 nitrogen and oxygen atoms in total. The molecule has 11 rings (SSSR count). The standard InChI is InChI=1S/C55H36N4O/c1-5-14-37(15-6-1)38-28-30-44(31-29-38)59(43-20-11-4-12-21-43)45-32-33-47-49-23-13-22-48-46(34-35-50(52(48)49)60-51(47)36-45)39-24-26-42(27-25-39)55-57-53(40-16-7-2-8-17-40)56-54(58-55)41-18-9-3-10-19-41/h1-36H. The zero-order chi connectivity index (χ0) is 39.8. The molecule has 0 N–H and O–H groups in total. The summed E-state index contributed by atoms with van der Waals surface area (Å²) < 4.78 is 6.80. The van der Waals surface area contributed by atoms with Crippen molar-refractivity contribution in [2.75, 3.05) is 4.90 Å². The minimum absolute atomic E-state index is 0.630. The van der Waals surface area contributed by atoms with Crippen LogP contribution in [0.15, 0.2) is 218 Å². The molecule has 1 aliphatic heterocycles. The summed E-state index contributed by atoms with van der Waals surface area (Å²) in [5, 5.41) is 2.24. The number of fused-ring (bicyclic) bond motifs is 2. The van der Waals surface area contributed by atoms with E-state index in [-0.39, 0.29) is 0 Å². The summed E-state index contributed by atoms with van der Waals surface area (Å²) in [7, 11) is 0. The van der Waals surface area contributed by atoms with E-state index in [1.165, 1.54) is 11.1 Å². The highest BCUT2D eigenvalue weighted by molar-refractivity contribution is 6.10. The summed E-state index contributed by atoms with van der Waals surface area (Å²) in [6.45, 7) is 0. The number of nitrogens with zero attached hydrogens (tertiary/aromatic N) is 4. The Balaban J connectivity index is 0.942. The van der Waals surface area contributed by atoms with Gasteiger partial charge in [0.05, 0.1) is 0 Å². The van der Waals surface area contributed by atoms with Crippen LogP contribution in [0.25, 0.3) is 78.3 Å². The molecule has 9 aromatic carbocycles. The summed E-state index contributed by atoms with van der Waals surface area (Å²) in [6.07, 6.45) is 0. The van der Waals surface area contributed by atoms with Gasteiger partial charge in [-0.2, -0.15) is 0 Å².